The van der Waals surface area contributed by atoms with Crippen LogP contribution in [0.3, 0.4) is 0 Å². The average molecular weight is 733 g/mol. The van der Waals surface area contributed by atoms with E-state index in [2.05, 4.69) is 34.4 Å². The molecule has 0 saturated carbocycles. The summed E-state index contributed by atoms with van der Waals surface area (Å²) in [6, 6.07) is 11.5. The Balaban J connectivity index is 0.000000687. The van der Waals surface area contributed by atoms with Gasteiger partial charge in [-0.1, -0.05) is 41.1 Å². The highest BCUT2D eigenvalue weighted by atomic mass is 35.5. The Bertz CT molecular complexity index is 1510. The molecule has 1 aromatic heterocycles. The largest absolute Gasteiger partial charge is 0.506 e. The van der Waals surface area contributed by atoms with Crippen molar-refractivity contribution in [1.82, 2.24) is 20.5 Å². The van der Waals surface area contributed by atoms with E-state index in [1.165, 1.54) is 0 Å². The summed E-state index contributed by atoms with van der Waals surface area (Å²) in [5, 5.41) is 31.3. The van der Waals surface area contributed by atoms with Crippen LogP contribution in [0, 0.1) is 0 Å². The molecule has 0 aliphatic carbocycles. The van der Waals surface area contributed by atoms with E-state index in [0.29, 0.717) is 36.1 Å². The molecule has 2 aromatic carbocycles. The van der Waals surface area contributed by atoms with Crippen LogP contribution >= 0.6 is 22.9 Å². The van der Waals surface area contributed by atoms with Gasteiger partial charge in [-0.2, -0.15) is 26.3 Å². The van der Waals surface area contributed by atoms with Crippen molar-refractivity contribution < 1.29 is 56.0 Å². The second-order valence-electron chi connectivity index (χ2n) is 10.2. The Hall–Kier alpha value is -3.87. The van der Waals surface area contributed by atoms with Crippen LogP contribution in [0.1, 0.15) is 31.4 Å². The fourth-order valence-electron chi connectivity index (χ4n) is 3.80. The summed E-state index contributed by atoms with van der Waals surface area (Å²) in [6.07, 6.45) is -8.15. The number of rotatable bonds is 13. The number of thiazole rings is 1. The number of carbonyl (C=O) groups is 3. The number of alkyl halides is 6. The van der Waals surface area contributed by atoms with Gasteiger partial charge >= 0.3 is 29.2 Å². The smallest absolute Gasteiger partial charge is 0.490 e. The first-order valence-electron chi connectivity index (χ1n) is 14.1. The SMILES string of the molecule is CC(C)N(CCNCCc1ccc(O)c2[nH]c(=O)sc12)CCC(=O)NCCc1ccc(Cl)cc1.O=C(O)C(F)(F)F.O=C(O)C(F)(F)F. The molecule has 0 aliphatic heterocycles. The molecule has 0 spiro atoms. The number of aromatic amines is 1. The first kappa shape index (κ1) is 42.2. The average Bonchev–Trinajstić information content (AvgIpc) is 3.38. The van der Waals surface area contributed by atoms with Gasteiger partial charge in [-0.05, 0) is 62.6 Å². The highest BCUT2D eigenvalue weighted by Crippen LogP contribution is 2.27. The van der Waals surface area contributed by atoms with Crippen molar-refractivity contribution in [2.24, 2.45) is 0 Å². The maximum Gasteiger partial charge on any atom is 0.490 e. The normalized spacial score (nSPS) is 11.5. The summed E-state index contributed by atoms with van der Waals surface area (Å²) >= 11 is 7.03. The number of carbonyl (C=O) groups excluding carboxylic acids is 1. The number of amides is 1. The molecule has 3 rings (SSSR count). The third kappa shape index (κ3) is 16.3. The zero-order valence-corrected chi connectivity index (χ0v) is 27.2. The van der Waals surface area contributed by atoms with E-state index in [4.69, 9.17) is 31.4 Å². The molecule has 268 valence electrons. The maximum absolute atomic E-state index is 12.3. The molecule has 3 aromatic rings. The highest BCUT2D eigenvalue weighted by molar-refractivity contribution is 7.16. The molecule has 0 unspecified atom stereocenters. The summed E-state index contributed by atoms with van der Waals surface area (Å²) in [5.74, 6) is -5.35. The van der Waals surface area contributed by atoms with Crippen LogP contribution in [-0.4, -0.2) is 94.2 Å². The van der Waals surface area contributed by atoms with E-state index in [9.17, 15) is 41.0 Å². The van der Waals surface area contributed by atoms with Crippen LogP contribution in [0.2, 0.25) is 5.02 Å². The molecular formula is C29H35ClF6N4O7S. The molecule has 0 fully saturated rings. The van der Waals surface area contributed by atoms with E-state index in [0.717, 1.165) is 59.6 Å². The van der Waals surface area contributed by atoms with Gasteiger partial charge in [0.1, 0.15) is 11.3 Å². The van der Waals surface area contributed by atoms with Gasteiger partial charge in [0.05, 0.1) is 4.70 Å². The second kappa shape index (κ2) is 19.8. The lowest BCUT2D eigenvalue weighted by Crippen LogP contribution is -2.40. The van der Waals surface area contributed by atoms with Crippen LogP contribution in [0.5, 0.6) is 5.75 Å². The van der Waals surface area contributed by atoms with Crippen LogP contribution in [-0.2, 0) is 27.2 Å². The summed E-state index contributed by atoms with van der Waals surface area (Å²) < 4.78 is 64.3. The Morgan fingerprint density at radius 2 is 1.46 bits per heavy atom. The molecule has 0 bridgehead atoms. The fraction of sp³-hybridized carbons (Fsp3) is 0.448. The van der Waals surface area contributed by atoms with Crippen molar-refractivity contribution in [3.8, 4) is 5.75 Å². The lowest BCUT2D eigenvalue weighted by molar-refractivity contribution is -0.193. The van der Waals surface area contributed by atoms with Gasteiger partial charge in [0, 0.05) is 43.7 Å². The monoisotopic (exact) mass is 732 g/mol. The van der Waals surface area contributed by atoms with Gasteiger partial charge in [-0.25, -0.2) is 9.59 Å². The summed E-state index contributed by atoms with van der Waals surface area (Å²) in [6.45, 7) is 8.02. The summed E-state index contributed by atoms with van der Waals surface area (Å²) in [7, 11) is 0. The quantitative estimate of drug-likeness (QED) is 0.107. The highest BCUT2D eigenvalue weighted by Gasteiger charge is 2.38. The minimum atomic E-state index is -5.08. The van der Waals surface area contributed by atoms with E-state index >= 15 is 0 Å². The van der Waals surface area contributed by atoms with Crippen molar-refractivity contribution in [3.63, 3.8) is 0 Å². The van der Waals surface area contributed by atoms with Gasteiger partial charge in [-0.3, -0.25) is 14.5 Å². The van der Waals surface area contributed by atoms with Crippen LogP contribution in [0.15, 0.2) is 41.2 Å². The first-order chi connectivity index (χ1) is 22.2. The Kier molecular flexibility index (Phi) is 17.4. The predicted octanol–water partition coefficient (Wildman–Crippen LogP) is 4.81. The number of H-pyrrole nitrogens is 1. The Labute approximate surface area is 279 Å². The molecule has 11 nitrogen and oxygen atoms in total. The Morgan fingerprint density at radius 1 is 0.896 bits per heavy atom. The predicted molar refractivity (Wildman–Crippen MR) is 168 cm³/mol. The maximum atomic E-state index is 12.3. The standard InChI is InChI=1S/C25H33ClN4O3S.2C2HF3O2/c1-17(2)30(15-11-22(32)28-13-9-18-3-6-20(26)7-4-18)16-14-27-12-10-19-5-8-21(31)23-24(19)34-25(33)29-23;2*3-2(4,5)1(6)7/h3-8,17,27,31H,9-16H2,1-2H3,(H,28,32)(H,29,33);2*(H,6,7). The number of aromatic nitrogens is 1. The topological polar surface area (TPSA) is 172 Å². The molecule has 0 aliphatic rings. The molecule has 0 saturated heterocycles. The zero-order valence-electron chi connectivity index (χ0n) is 25.7. The number of phenols is 1. The van der Waals surface area contributed by atoms with Gasteiger partial charge in [0.25, 0.3) is 0 Å². The van der Waals surface area contributed by atoms with E-state index < -0.39 is 24.3 Å². The van der Waals surface area contributed by atoms with Crippen LogP contribution in [0.25, 0.3) is 10.2 Å². The lowest BCUT2D eigenvalue weighted by Gasteiger charge is -2.26. The molecule has 48 heavy (non-hydrogen) atoms. The number of hydrogen-bond acceptors (Lipinski definition) is 8. The molecule has 0 radical (unpaired) electrons. The van der Waals surface area contributed by atoms with Gasteiger partial charge < -0.3 is 30.9 Å². The van der Waals surface area contributed by atoms with Crippen molar-refractivity contribution >= 4 is 51.0 Å². The van der Waals surface area contributed by atoms with Crippen LogP contribution in [0.4, 0.5) is 26.3 Å². The lowest BCUT2D eigenvalue weighted by atomic mass is 10.1. The molecule has 0 atom stereocenters. The van der Waals surface area contributed by atoms with E-state index in [1.807, 2.05) is 30.3 Å². The van der Waals surface area contributed by atoms with E-state index in [-0.39, 0.29) is 16.5 Å². The number of fused-ring (bicyclic) bond motifs is 1. The van der Waals surface area contributed by atoms with E-state index in [1.54, 1.807) is 6.07 Å². The van der Waals surface area contributed by atoms with Crippen molar-refractivity contribution in [2.45, 2.75) is 51.5 Å². The molecule has 1 heterocycles. The minimum absolute atomic E-state index is 0.0643. The van der Waals surface area contributed by atoms with Gasteiger partial charge in [-0.15, -0.1) is 0 Å². The number of nitrogens with one attached hydrogen (secondary N) is 3. The number of carboxylic acid groups (broad SMARTS) is 2. The molecule has 1 amide bonds. The molecular weight excluding hydrogens is 698 g/mol. The molecule has 19 heteroatoms. The van der Waals surface area contributed by atoms with Crippen LogP contribution < -0.4 is 15.5 Å². The number of nitrogens with zero attached hydrogens (tertiary/aromatic N) is 1. The summed E-state index contributed by atoms with van der Waals surface area (Å²) in [4.78, 5) is 46.5. The third-order valence-corrected chi connectivity index (χ3v) is 7.49. The second-order valence-corrected chi connectivity index (χ2v) is 11.6. The van der Waals surface area contributed by atoms with Crippen molar-refractivity contribution in [2.75, 3.05) is 32.7 Å². The number of hydrogen-bond donors (Lipinski definition) is 6. The fourth-order valence-corrected chi connectivity index (χ4v) is 4.82. The Morgan fingerprint density at radius 3 is 1.98 bits per heavy atom. The van der Waals surface area contributed by atoms with Gasteiger partial charge in [0.15, 0.2) is 0 Å². The third-order valence-electron chi connectivity index (χ3n) is 6.28. The van der Waals surface area contributed by atoms with Crippen molar-refractivity contribution in [1.29, 1.82) is 0 Å². The summed E-state index contributed by atoms with van der Waals surface area (Å²) in [5.41, 5.74) is 2.71. The van der Waals surface area contributed by atoms with Crippen molar-refractivity contribution in [3.05, 3.63) is 62.2 Å². The zero-order chi connectivity index (χ0) is 36.7. The first-order valence-corrected chi connectivity index (χ1v) is 15.3. The number of halogens is 7. The number of aliphatic carboxylic acids is 2. The number of phenolic OH excluding ortho intramolecular Hbond substituents is 1. The van der Waals surface area contributed by atoms with Gasteiger partial charge in [0.2, 0.25) is 5.91 Å². The number of aromatic hydroxyl groups is 1. The molecule has 6 N–H and O–H groups in total. The number of benzene rings is 2. The minimum Gasteiger partial charge on any atom is -0.506 e. The number of carboxylic acids is 2.